The molecule has 0 aliphatic rings. The fraction of sp³-hybridized carbons (Fsp3) is 0.158. The number of fused-ring (bicyclic) bond motifs is 1. The van der Waals surface area contributed by atoms with Crippen LogP contribution in [0.5, 0.6) is 5.75 Å². The van der Waals surface area contributed by atoms with Crippen molar-refractivity contribution >= 4 is 27.0 Å². The molecule has 0 spiro atoms. The molecule has 0 radical (unpaired) electrons. The van der Waals surface area contributed by atoms with Gasteiger partial charge in [0.2, 0.25) is 11.2 Å². The van der Waals surface area contributed by atoms with E-state index in [1.165, 1.54) is 31.2 Å². The highest BCUT2D eigenvalue weighted by atomic mass is 32.2. The standard InChI is InChI=1S/C19H12F5NO6S/c1-2-30-18(27)12-9-25(10-6-4-3-5-7-10)15-11(16(12)26)8-13(20)17(14(15)21)31-32(28,29)19(22,23)24/h3-9H,2H2,1H3. The molecule has 0 saturated heterocycles. The average molecular weight is 477 g/mol. The topological polar surface area (TPSA) is 91.7 Å². The minimum absolute atomic E-state index is 0.109. The zero-order valence-corrected chi connectivity index (χ0v) is 16.8. The number of para-hydroxylation sites is 1. The van der Waals surface area contributed by atoms with Crippen molar-refractivity contribution in [1.29, 1.82) is 0 Å². The third kappa shape index (κ3) is 4.02. The monoisotopic (exact) mass is 477 g/mol. The summed E-state index contributed by atoms with van der Waals surface area (Å²) < 4.78 is 99.5. The van der Waals surface area contributed by atoms with Crippen LogP contribution in [-0.2, 0) is 14.9 Å². The number of ether oxygens (including phenoxy) is 1. The van der Waals surface area contributed by atoms with Gasteiger partial charge in [0.1, 0.15) is 5.56 Å². The van der Waals surface area contributed by atoms with Crippen LogP contribution in [0.1, 0.15) is 17.3 Å². The van der Waals surface area contributed by atoms with Gasteiger partial charge in [-0.2, -0.15) is 21.6 Å². The summed E-state index contributed by atoms with van der Waals surface area (Å²) in [5, 5.41) is -0.758. The van der Waals surface area contributed by atoms with Crippen LogP contribution in [0.15, 0.2) is 47.4 Å². The van der Waals surface area contributed by atoms with E-state index in [1.807, 2.05) is 0 Å². The first kappa shape index (κ1) is 23.2. The van der Waals surface area contributed by atoms with Gasteiger partial charge in [-0.05, 0) is 25.1 Å². The number of nitrogens with zero attached hydrogens (tertiary/aromatic N) is 1. The molecule has 7 nitrogen and oxygen atoms in total. The maximum atomic E-state index is 15.2. The zero-order chi connectivity index (χ0) is 23.8. The third-order valence-corrected chi connectivity index (χ3v) is 5.10. The lowest BCUT2D eigenvalue weighted by atomic mass is 10.1. The van der Waals surface area contributed by atoms with Crippen molar-refractivity contribution in [3.8, 4) is 11.4 Å². The molecular weight excluding hydrogens is 465 g/mol. The summed E-state index contributed by atoms with van der Waals surface area (Å²) in [6.45, 7) is 1.34. The number of hydrogen-bond acceptors (Lipinski definition) is 6. The number of aromatic nitrogens is 1. The van der Waals surface area contributed by atoms with Gasteiger partial charge in [-0.3, -0.25) is 4.79 Å². The first-order valence-electron chi connectivity index (χ1n) is 8.69. The molecule has 2 aromatic carbocycles. The summed E-state index contributed by atoms with van der Waals surface area (Å²) >= 11 is 0. The summed E-state index contributed by atoms with van der Waals surface area (Å²) in [6.07, 6.45) is 0.848. The van der Waals surface area contributed by atoms with Crippen LogP contribution in [0.2, 0.25) is 0 Å². The van der Waals surface area contributed by atoms with Crippen LogP contribution >= 0.6 is 0 Å². The molecule has 0 fully saturated rings. The molecule has 170 valence electrons. The number of carbonyl (C=O) groups is 1. The number of halogens is 5. The summed E-state index contributed by atoms with van der Waals surface area (Å²) in [6, 6.07) is 7.58. The molecule has 0 saturated carbocycles. The number of benzene rings is 2. The van der Waals surface area contributed by atoms with Gasteiger partial charge < -0.3 is 13.5 Å². The Morgan fingerprint density at radius 3 is 2.31 bits per heavy atom. The second-order valence-corrected chi connectivity index (χ2v) is 7.72. The minimum atomic E-state index is -6.42. The Labute approximate surface area is 176 Å². The molecule has 0 N–H and O–H groups in total. The van der Waals surface area contributed by atoms with Crippen molar-refractivity contribution in [3.05, 3.63) is 70.0 Å². The smallest absolute Gasteiger partial charge is 0.462 e. The number of alkyl halides is 3. The lowest BCUT2D eigenvalue weighted by Gasteiger charge is -2.16. The Bertz CT molecular complexity index is 1370. The lowest BCUT2D eigenvalue weighted by molar-refractivity contribution is -0.0501. The van der Waals surface area contributed by atoms with Crippen molar-refractivity contribution in [3.63, 3.8) is 0 Å². The zero-order valence-electron chi connectivity index (χ0n) is 15.9. The van der Waals surface area contributed by atoms with E-state index in [1.54, 1.807) is 6.07 Å². The van der Waals surface area contributed by atoms with E-state index in [9.17, 15) is 35.6 Å². The Hall–Kier alpha value is -3.48. The summed E-state index contributed by atoms with van der Waals surface area (Å²) in [5.41, 5.74) is -8.47. The Kier molecular flexibility index (Phi) is 5.96. The van der Waals surface area contributed by atoms with E-state index in [0.717, 1.165) is 10.8 Å². The molecule has 0 amide bonds. The van der Waals surface area contributed by atoms with E-state index < -0.39 is 60.9 Å². The number of pyridine rings is 1. The van der Waals surface area contributed by atoms with Gasteiger partial charge in [-0.15, -0.1) is 0 Å². The van der Waals surface area contributed by atoms with E-state index in [2.05, 4.69) is 4.18 Å². The molecule has 3 rings (SSSR count). The fourth-order valence-electron chi connectivity index (χ4n) is 2.78. The van der Waals surface area contributed by atoms with Crippen molar-refractivity contribution in [2.45, 2.75) is 12.4 Å². The van der Waals surface area contributed by atoms with Gasteiger partial charge in [-0.1, -0.05) is 18.2 Å². The van der Waals surface area contributed by atoms with E-state index >= 15 is 4.39 Å². The minimum Gasteiger partial charge on any atom is -0.462 e. The Morgan fingerprint density at radius 1 is 1.12 bits per heavy atom. The van der Waals surface area contributed by atoms with E-state index in [4.69, 9.17) is 4.74 Å². The number of hydrogen-bond donors (Lipinski definition) is 0. The second kappa shape index (κ2) is 8.22. The van der Waals surface area contributed by atoms with Gasteiger partial charge in [0.15, 0.2) is 11.6 Å². The first-order chi connectivity index (χ1) is 14.9. The summed E-state index contributed by atoms with van der Waals surface area (Å²) in [5.74, 6) is -6.79. The fourth-order valence-corrected chi connectivity index (χ4v) is 3.24. The van der Waals surface area contributed by atoms with Crippen LogP contribution in [0.4, 0.5) is 22.0 Å². The molecule has 0 aliphatic heterocycles. The van der Waals surface area contributed by atoms with Crippen molar-refractivity contribution < 1.29 is 44.1 Å². The number of rotatable bonds is 5. The van der Waals surface area contributed by atoms with Crippen molar-refractivity contribution in [2.75, 3.05) is 6.61 Å². The predicted octanol–water partition coefficient (Wildman–Crippen LogP) is 3.67. The highest BCUT2D eigenvalue weighted by molar-refractivity contribution is 7.88. The van der Waals surface area contributed by atoms with Gasteiger partial charge >= 0.3 is 21.6 Å². The molecule has 3 aromatic rings. The molecule has 32 heavy (non-hydrogen) atoms. The van der Waals surface area contributed by atoms with Gasteiger partial charge in [0.25, 0.3) is 0 Å². The van der Waals surface area contributed by atoms with Crippen LogP contribution < -0.4 is 9.61 Å². The van der Waals surface area contributed by atoms with Gasteiger partial charge in [-0.25, -0.2) is 13.6 Å². The second-order valence-electron chi connectivity index (χ2n) is 6.18. The molecule has 13 heteroatoms. The van der Waals surface area contributed by atoms with Crippen LogP contribution in [-0.4, -0.2) is 31.1 Å². The average Bonchev–Trinajstić information content (AvgIpc) is 2.71. The maximum absolute atomic E-state index is 15.2. The molecule has 1 heterocycles. The van der Waals surface area contributed by atoms with Gasteiger partial charge in [0.05, 0.1) is 17.5 Å². The number of carbonyl (C=O) groups excluding carboxylic acids is 1. The van der Waals surface area contributed by atoms with Crippen LogP contribution in [0.25, 0.3) is 16.6 Å². The molecule has 1 aromatic heterocycles. The van der Waals surface area contributed by atoms with Crippen molar-refractivity contribution in [2.24, 2.45) is 0 Å². The number of esters is 1. The summed E-state index contributed by atoms with van der Waals surface area (Å²) in [7, 11) is -6.42. The third-order valence-electron chi connectivity index (χ3n) is 4.14. The SMILES string of the molecule is CCOC(=O)c1cn(-c2ccccc2)c2c(F)c(OS(=O)(=O)C(F)(F)F)c(F)cc2c1=O. The molecule has 0 bridgehead atoms. The largest absolute Gasteiger partial charge is 0.534 e. The van der Waals surface area contributed by atoms with Gasteiger partial charge in [0, 0.05) is 11.9 Å². The summed E-state index contributed by atoms with van der Waals surface area (Å²) in [4.78, 5) is 24.9. The van der Waals surface area contributed by atoms with E-state index in [0.29, 0.717) is 0 Å². The Morgan fingerprint density at radius 2 is 1.75 bits per heavy atom. The molecule has 0 aliphatic carbocycles. The maximum Gasteiger partial charge on any atom is 0.534 e. The van der Waals surface area contributed by atoms with Crippen molar-refractivity contribution in [1.82, 2.24) is 4.57 Å². The highest BCUT2D eigenvalue weighted by Gasteiger charge is 2.49. The Balaban J connectivity index is 2.42. The van der Waals surface area contributed by atoms with Crippen LogP contribution in [0, 0.1) is 11.6 Å². The van der Waals surface area contributed by atoms with Crippen LogP contribution in [0.3, 0.4) is 0 Å². The lowest BCUT2D eigenvalue weighted by Crippen LogP contribution is -2.29. The normalized spacial score (nSPS) is 12.1. The molecule has 0 atom stereocenters. The predicted molar refractivity (Wildman–Crippen MR) is 101 cm³/mol. The highest BCUT2D eigenvalue weighted by Crippen LogP contribution is 2.34. The molecular formula is C19H12F5NO6S. The first-order valence-corrected chi connectivity index (χ1v) is 10.1. The quantitative estimate of drug-likeness (QED) is 0.241. The van der Waals surface area contributed by atoms with E-state index in [-0.39, 0.29) is 18.4 Å². The molecule has 0 unspecified atom stereocenters.